The fraction of sp³-hybridized carbons (Fsp3) is 0.174. The Morgan fingerprint density at radius 2 is 1.82 bits per heavy atom. The van der Waals surface area contributed by atoms with Crippen LogP contribution in [0, 0.1) is 0 Å². The Kier molecular flexibility index (Phi) is 6.69. The molecule has 0 aliphatic carbocycles. The number of nitrogens with zero attached hydrogens (tertiary/aromatic N) is 5. The number of primary amides is 1. The number of para-hydroxylation sites is 1. The topological polar surface area (TPSA) is 94.0 Å². The summed E-state index contributed by atoms with van der Waals surface area (Å²) in [7, 11) is 4.08. The van der Waals surface area contributed by atoms with Crippen molar-refractivity contribution in [2.75, 3.05) is 26.0 Å². The first-order chi connectivity index (χ1) is 15.8. The van der Waals surface area contributed by atoms with Gasteiger partial charge in [-0.15, -0.1) is 0 Å². The van der Waals surface area contributed by atoms with Crippen molar-refractivity contribution in [3.63, 3.8) is 0 Å². The Morgan fingerprint density at radius 1 is 1.12 bits per heavy atom. The number of hydrogen-bond acceptors (Lipinski definition) is 5. The second kappa shape index (κ2) is 9.66. The normalized spacial score (nSPS) is 11.2. The van der Waals surface area contributed by atoms with E-state index < -0.39 is 5.91 Å². The number of carbonyl (C=O) groups excluding carboxylic acids is 1. The molecule has 0 unspecified atom stereocenters. The summed E-state index contributed by atoms with van der Waals surface area (Å²) >= 11 is 12.6. The molecule has 0 saturated heterocycles. The highest BCUT2D eigenvalue weighted by molar-refractivity contribution is 6.37. The van der Waals surface area contributed by atoms with E-state index in [0.29, 0.717) is 21.4 Å². The van der Waals surface area contributed by atoms with Crippen molar-refractivity contribution in [2.45, 2.75) is 6.54 Å². The van der Waals surface area contributed by atoms with Crippen LogP contribution in [0.3, 0.4) is 0 Å². The zero-order valence-corrected chi connectivity index (χ0v) is 19.7. The second-order valence-corrected chi connectivity index (χ2v) is 8.53. The number of imidazole rings is 1. The van der Waals surface area contributed by atoms with Crippen LogP contribution in [-0.2, 0) is 6.54 Å². The number of benzene rings is 2. The number of nitrogens with two attached hydrogens (primary N) is 1. The minimum atomic E-state index is -0.668. The highest BCUT2D eigenvalue weighted by Crippen LogP contribution is 2.31. The number of halogens is 2. The maximum atomic E-state index is 12.0. The predicted molar refractivity (Wildman–Crippen MR) is 132 cm³/mol. The highest BCUT2D eigenvalue weighted by atomic mass is 35.5. The van der Waals surface area contributed by atoms with Crippen LogP contribution in [0.4, 0.5) is 11.4 Å². The van der Waals surface area contributed by atoms with Crippen molar-refractivity contribution >= 4 is 40.5 Å². The van der Waals surface area contributed by atoms with E-state index in [0.717, 1.165) is 30.2 Å². The van der Waals surface area contributed by atoms with E-state index >= 15 is 0 Å². The van der Waals surface area contributed by atoms with Gasteiger partial charge < -0.3 is 20.5 Å². The molecule has 0 bridgehead atoms. The summed E-state index contributed by atoms with van der Waals surface area (Å²) in [6.45, 7) is 1.76. The third-order valence-electron chi connectivity index (χ3n) is 5.04. The van der Waals surface area contributed by atoms with Crippen molar-refractivity contribution in [3.8, 4) is 17.1 Å². The molecule has 0 atom stereocenters. The van der Waals surface area contributed by atoms with E-state index in [9.17, 15) is 4.79 Å². The Balaban J connectivity index is 1.60. The molecule has 0 fully saturated rings. The Hall–Kier alpha value is -3.33. The number of likely N-dealkylation sites (N-methyl/N-ethyl adjacent to an activating group) is 1. The molecule has 2 aromatic carbocycles. The largest absolute Gasteiger partial charge is 0.364 e. The molecule has 2 heterocycles. The second-order valence-electron chi connectivity index (χ2n) is 7.72. The number of aromatic nitrogens is 4. The lowest BCUT2D eigenvalue weighted by Gasteiger charge is -2.12. The summed E-state index contributed by atoms with van der Waals surface area (Å²) in [5.74, 6) is 0.223. The molecule has 0 spiro atoms. The fourth-order valence-corrected chi connectivity index (χ4v) is 3.96. The maximum Gasteiger partial charge on any atom is 0.271 e. The average Bonchev–Trinajstić information content (AvgIpc) is 3.40. The lowest BCUT2D eigenvalue weighted by Crippen LogP contribution is -2.18. The maximum absolute atomic E-state index is 12.0. The molecule has 10 heteroatoms. The van der Waals surface area contributed by atoms with Crippen LogP contribution in [-0.4, -0.2) is 50.8 Å². The standard InChI is InChI=1S/C23H23Cl2N7O/c1-30(2)12-13-31-11-10-27-23(31)15-6-8-16(9-7-15)28-19-14-32(29-20(19)22(26)33)21-17(24)4-3-5-18(21)25/h3-11,14,28H,12-13H2,1-2H3,(H2,26,33). The van der Waals surface area contributed by atoms with Gasteiger partial charge in [0, 0.05) is 36.7 Å². The molecule has 8 nitrogen and oxygen atoms in total. The molecule has 4 rings (SSSR count). The number of hydrogen-bond donors (Lipinski definition) is 2. The molecule has 170 valence electrons. The number of amides is 1. The van der Waals surface area contributed by atoms with Gasteiger partial charge in [-0.2, -0.15) is 5.10 Å². The van der Waals surface area contributed by atoms with E-state index in [1.54, 1.807) is 30.6 Å². The van der Waals surface area contributed by atoms with Crippen molar-refractivity contribution in [1.82, 2.24) is 24.2 Å². The van der Waals surface area contributed by atoms with Gasteiger partial charge in [-0.3, -0.25) is 4.79 Å². The summed E-state index contributed by atoms with van der Waals surface area (Å²) in [6, 6.07) is 12.9. The van der Waals surface area contributed by atoms with Gasteiger partial charge in [-0.25, -0.2) is 9.67 Å². The number of anilines is 2. The average molecular weight is 484 g/mol. The van der Waals surface area contributed by atoms with Gasteiger partial charge in [0.2, 0.25) is 0 Å². The van der Waals surface area contributed by atoms with Crippen molar-refractivity contribution in [2.24, 2.45) is 5.73 Å². The number of rotatable bonds is 8. The molecule has 0 aliphatic rings. The monoisotopic (exact) mass is 483 g/mol. The molecule has 1 amide bonds. The van der Waals surface area contributed by atoms with Crippen LogP contribution in [0.5, 0.6) is 0 Å². The van der Waals surface area contributed by atoms with Gasteiger partial charge in [-0.05, 0) is 50.5 Å². The molecular formula is C23H23Cl2N7O. The summed E-state index contributed by atoms with van der Waals surface area (Å²) in [6.07, 6.45) is 5.40. The molecule has 2 aromatic heterocycles. The summed E-state index contributed by atoms with van der Waals surface area (Å²) in [5, 5.41) is 8.31. The van der Waals surface area contributed by atoms with Gasteiger partial charge in [-0.1, -0.05) is 29.3 Å². The zero-order chi connectivity index (χ0) is 23.5. The molecule has 0 aliphatic heterocycles. The minimum absolute atomic E-state index is 0.0780. The van der Waals surface area contributed by atoms with Crippen molar-refractivity contribution in [1.29, 1.82) is 0 Å². The van der Waals surface area contributed by atoms with E-state index in [-0.39, 0.29) is 5.69 Å². The van der Waals surface area contributed by atoms with Gasteiger partial charge >= 0.3 is 0 Å². The Labute approximate surface area is 201 Å². The smallest absolute Gasteiger partial charge is 0.271 e. The van der Waals surface area contributed by atoms with Gasteiger partial charge in [0.15, 0.2) is 5.69 Å². The van der Waals surface area contributed by atoms with Gasteiger partial charge in [0.1, 0.15) is 11.5 Å². The highest BCUT2D eigenvalue weighted by Gasteiger charge is 2.18. The molecule has 33 heavy (non-hydrogen) atoms. The third-order valence-corrected chi connectivity index (χ3v) is 5.65. The first-order valence-electron chi connectivity index (χ1n) is 10.2. The first-order valence-corrected chi connectivity index (χ1v) is 11.0. The third kappa shape index (κ3) is 5.03. The molecule has 4 aromatic rings. The van der Waals surface area contributed by atoms with Crippen molar-refractivity contribution in [3.05, 3.63) is 76.8 Å². The van der Waals surface area contributed by atoms with Crippen LogP contribution in [0.2, 0.25) is 10.0 Å². The Morgan fingerprint density at radius 3 is 2.45 bits per heavy atom. The minimum Gasteiger partial charge on any atom is -0.364 e. The number of nitrogens with one attached hydrogen (secondary N) is 1. The van der Waals surface area contributed by atoms with Crippen LogP contribution in [0.1, 0.15) is 10.5 Å². The van der Waals surface area contributed by atoms with Crippen LogP contribution in [0.15, 0.2) is 61.1 Å². The first kappa shape index (κ1) is 22.8. The van der Waals surface area contributed by atoms with E-state index in [1.807, 2.05) is 44.6 Å². The summed E-state index contributed by atoms with van der Waals surface area (Å²) < 4.78 is 3.56. The summed E-state index contributed by atoms with van der Waals surface area (Å²) in [4.78, 5) is 18.6. The van der Waals surface area contributed by atoms with Crippen LogP contribution in [0.25, 0.3) is 17.1 Å². The van der Waals surface area contributed by atoms with Gasteiger partial charge in [0.25, 0.3) is 5.91 Å². The van der Waals surface area contributed by atoms with Crippen molar-refractivity contribution < 1.29 is 4.79 Å². The SMILES string of the molecule is CN(C)CCn1ccnc1-c1ccc(Nc2cn(-c3c(Cl)cccc3Cl)nc2C(N)=O)cc1. The lowest BCUT2D eigenvalue weighted by molar-refractivity contribution is 0.0996. The lowest BCUT2D eigenvalue weighted by atomic mass is 10.2. The quantitative estimate of drug-likeness (QED) is 0.386. The van der Waals surface area contributed by atoms with Gasteiger partial charge in [0.05, 0.1) is 21.9 Å². The molecular weight excluding hydrogens is 461 g/mol. The molecule has 0 radical (unpaired) electrons. The number of carbonyl (C=O) groups is 1. The zero-order valence-electron chi connectivity index (χ0n) is 18.2. The van der Waals surface area contributed by atoms with Crippen LogP contribution < -0.4 is 11.1 Å². The van der Waals surface area contributed by atoms with E-state index in [2.05, 4.69) is 24.9 Å². The van der Waals surface area contributed by atoms with E-state index in [4.69, 9.17) is 28.9 Å². The predicted octanol–water partition coefficient (Wildman–Crippen LogP) is 4.45. The van der Waals surface area contributed by atoms with Crippen LogP contribution >= 0.6 is 23.2 Å². The van der Waals surface area contributed by atoms with E-state index in [1.165, 1.54) is 4.68 Å². The molecule has 3 N–H and O–H groups in total. The Bertz CT molecular complexity index is 1260. The summed E-state index contributed by atoms with van der Waals surface area (Å²) in [5.41, 5.74) is 8.29. The fourth-order valence-electron chi connectivity index (χ4n) is 3.39. The molecule has 0 saturated carbocycles.